The van der Waals surface area contributed by atoms with Crippen LogP contribution >= 0.6 is 33.2 Å². The summed E-state index contributed by atoms with van der Waals surface area (Å²) in [5.41, 5.74) is 1.30. The second-order valence-corrected chi connectivity index (χ2v) is 11.4. The highest BCUT2D eigenvalue weighted by Gasteiger charge is 2.27. The highest BCUT2D eigenvalue weighted by Crippen LogP contribution is 2.19. The molecule has 0 N–H and O–H groups in total. The molecule has 1 rings (SSSR count). The van der Waals surface area contributed by atoms with E-state index >= 15 is 0 Å². The van der Waals surface area contributed by atoms with E-state index in [-0.39, 0.29) is 0 Å². The van der Waals surface area contributed by atoms with Gasteiger partial charge < -0.3 is 0 Å². The van der Waals surface area contributed by atoms with Crippen LogP contribution in [0.25, 0.3) is 0 Å². The standard InChI is InChI=1S/C9H11Cl3Si/c1-2-3-8-4-6-9(7-5-8)13(10,11)12/h4-7H,2-3H2,1H3. The molecule has 0 aliphatic carbocycles. The molecule has 0 atom stereocenters. The molecule has 13 heavy (non-hydrogen) atoms. The molecule has 0 amide bonds. The van der Waals surface area contributed by atoms with Crippen LogP contribution in [-0.4, -0.2) is 6.00 Å². The maximum Gasteiger partial charge on any atom is 0.372 e. The third-order valence-corrected chi connectivity index (χ3v) is 4.77. The number of halogens is 3. The van der Waals surface area contributed by atoms with Crippen LogP contribution in [-0.2, 0) is 6.42 Å². The molecule has 0 heterocycles. The quantitative estimate of drug-likeness (QED) is 0.571. The Labute approximate surface area is 93.9 Å². The maximum atomic E-state index is 5.86. The van der Waals surface area contributed by atoms with Gasteiger partial charge in [-0.15, -0.1) is 33.2 Å². The molecule has 0 aliphatic heterocycles. The smallest absolute Gasteiger partial charge is 0.121 e. The third kappa shape index (κ3) is 3.51. The van der Waals surface area contributed by atoms with Crippen molar-refractivity contribution in [3.05, 3.63) is 29.8 Å². The summed E-state index contributed by atoms with van der Waals surface area (Å²) in [5, 5.41) is 0.859. The summed E-state index contributed by atoms with van der Waals surface area (Å²) in [5.74, 6) is 0. The molecule has 4 heteroatoms. The minimum Gasteiger partial charge on any atom is -0.121 e. The molecule has 1 aromatic carbocycles. The Balaban J connectivity index is 2.81. The Morgan fingerprint density at radius 3 is 2.00 bits per heavy atom. The molecule has 0 unspecified atom stereocenters. The minimum absolute atomic E-state index is 0.859. The number of rotatable bonds is 3. The summed E-state index contributed by atoms with van der Waals surface area (Å²) in [6.07, 6.45) is 2.23. The van der Waals surface area contributed by atoms with E-state index in [1.54, 1.807) is 0 Å². The highest BCUT2D eigenvalue weighted by atomic mass is 35.8. The molecule has 1 aromatic rings. The zero-order chi connectivity index (χ0) is 9.90. The predicted octanol–water partition coefficient (Wildman–Crippen LogP) is 3.50. The first-order chi connectivity index (χ1) is 6.04. The van der Waals surface area contributed by atoms with Crippen LogP contribution in [0.1, 0.15) is 18.9 Å². The van der Waals surface area contributed by atoms with Gasteiger partial charge in [-0.1, -0.05) is 37.6 Å². The summed E-state index contributed by atoms with van der Waals surface area (Å²) in [4.78, 5) is 0. The van der Waals surface area contributed by atoms with Crippen LogP contribution < -0.4 is 5.19 Å². The van der Waals surface area contributed by atoms with Gasteiger partial charge in [0.05, 0.1) is 0 Å². The molecule has 0 nitrogen and oxygen atoms in total. The molecule has 0 radical (unpaired) electrons. The van der Waals surface area contributed by atoms with Gasteiger partial charge in [-0.2, -0.15) is 0 Å². The molecule has 0 aromatic heterocycles. The van der Waals surface area contributed by atoms with E-state index in [0.717, 1.165) is 18.0 Å². The van der Waals surface area contributed by atoms with E-state index in [1.807, 2.05) is 24.3 Å². The van der Waals surface area contributed by atoms with Crippen LogP contribution in [0.5, 0.6) is 0 Å². The van der Waals surface area contributed by atoms with Crippen molar-refractivity contribution in [1.29, 1.82) is 0 Å². The number of aryl methyl sites for hydroxylation is 1. The molecule has 0 spiro atoms. The number of hydrogen-bond donors (Lipinski definition) is 0. The first-order valence-corrected chi connectivity index (χ1v) is 9.23. The molecule has 0 fully saturated rings. The van der Waals surface area contributed by atoms with Crippen LogP contribution in [0, 0.1) is 0 Å². The SMILES string of the molecule is CCCc1ccc([Si](Cl)(Cl)Cl)cc1. The van der Waals surface area contributed by atoms with E-state index in [2.05, 4.69) is 6.92 Å². The summed E-state index contributed by atoms with van der Waals surface area (Å²) < 4.78 is 0. The lowest BCUT2D eigenvalue weighted by molar-refractivity contribution is 0.922. The van der Waals surface area contributed by atoms with Gasteiger partial charge in [-0.25, -0.2) is 0 Å². The average molecular weight is 254 g/mol. The van der Waals surface area contributed by atoms with E-state index < -0.39 is 6.00 Å². The normalized spacial score (nSPS) is 11.7. The lowest BCUT2D eigenvalue weighted by Crippen LogP contribution is -2.29. The van der Waals surface area contributed by atoms with Crippen molar-refractivity contribution in [2.75, 3.05) is 0 Å². The van der Waals surface area contributed by atoms with Crippen molar-refractivity contribution < 1.29 is 0 Å². The van der Waals surface area contributed by atoms with Crippen molar-refractivity contribution in [2.45, 2.75) is 19.8 Å². The van der Waals surface area contributed by atoms with Crippen LogP contribution in [0.3, 0.4) is 0 Å². The molecule has 72 valence electrons. The Bertz CT molecular complexity index is 263. The van der Waals surface area contributed by atoms with Gasteiger partial charge >= 0.3 is 6.00 Å². The van der Waals surface area contributed by atoms with Crippen molar-refractivity contribution in [1.82, 2.24) is 0 Å². The van der Waals surface area contributed by atoms with Gasteiger partial charge in [-0.05, 0) is 17.2 Å². The highest BCUT2D eigenvalue weighted by molar-refractivity contribution is 7.69. The van der Waals surface area contributed by atoms with Crippen LogP contribution in [0.4, 0.5) is 0 Å². The van der Waals surface area contributed by atoms with Crippen LogP contribution in [0.15, 0.2) is 24.3 Å². The summed E-state index contributed by atoms with van der Waals surface area (Å²) in [6.45, 7) is 2.15. The first kappa shape index (κ1) is 11.4. The van der Waals surface area contributed by atoms with Gasteiger partial charge in [-0.3, -0.25) is 0 Å². The molecule has 0 bridgehead atoms. The van der Waals surface area contributed by atoms with E-state index in [0.29, 0.717) is 0 Å². The Morgan fingerprint density at radius 1 is 1.08 bits per heavy atom. The van der Waals surface area contributed by atoms with Crippen molar-refractivity contribution in [3.63, 3.8) is 0 Å². The topological polar surface area (TPSA) is 0 Å². The van der Waals surface area contributed by atoms with Gasteiger partial charge in [0.25, 0.3) is 0 Å². The summed E-state index contributed by atoms with van der Waals surface area (Å²) in [6, 6.07) is 5.25. The van der Waals surface area contributed by atoms with Crippen molar-refractivity contribution >= 4 is 44.4 Å². The van der Waals surface area contributed by atoms with Gasteiger partial charge in [0.15, 0.2) is 0 Å². The van der Waals surface area contributed by atoms with Crippen LogP contribution in [0.2, 0.25) is 0 Å². The Kier molecular flexibility index (Phi) is 4.11. The largest absolute Gasteiger partial charge is 0.372 e. The summed E-state index contributed by atoms with van der Waals surface area (Å²) in [7, 11) is 0. The fraction of sp³-hybridized carbons (Fsp3) is 0.333. The Hall–Kier alpha value is 0.307. The maximum absolute atomic E-state index is 5.86. The Morgan fingerprint density at radius 2 is 1.62 bits per heavy atom. The molecule has 0 saturated heterocycles. The monoisotopic (exact) mass is 252 g/mol. The second-order valence-electron chi connectivity index (χ2n) is 2.94. The van der Waals surface area contributed by atoms with E-state index in [9.17, 15) is 0 Å². The van der Waals surface area contributed by atoms with Gasteiger partial charge in [0.1, 0.15) is 0 Å². The van der Waals surface area contributed by atoms with E-state index in [1.165, 1.54) is 5.56 Å². The van der Waals surface area contributed by atoms with Crippen molar-refractivity contribution in [3.8, 4) is 0 Å². The minimum atomic E-state index is -2.66. The lowest BCUT2D eigenvalue weighted by atomic mass is 10.1. The second kappa shape index (κ2) is 4.69. The average Bonchev–Trinajstić information content (AvgIpc) is 2.04. The fourth-order valence-corrected chi connectivity index (χ4v) is 2.83. The summed E-state index contributed by atoms with van der Waals surface area (Å²) >= 11 is 17.6. The number of hydrogen-bond acceptors (Lipinski definition) is 0. The van der Waals surface area contributed by atoms with E-state index in [4.69, 9.17) is 33.2 Å². The third-order valence-electron chi connectivity index (χ3n) is 1.82. The fourth-order valence-electron chi connectivity index (χ4n) is 1.15. The molecular formula is C9H11Cl3Si. The number of benzene rings is 1. The molecule has 0 aliphatic rings. The van der Waals surface area contributed by atoms with Gasteiger partial charge in [0, 0.05) is 0 Å². The lowest BCUT2D eigenvalue weighted by Gasteiger charge is -2.08. The zero-order valence-electron chi connectivity index (χ0n) is 7.36. The molecular weight excluding hydrogens is 243 g/mol. The van der Waals surface area contributed by atoms with Gasteiger partial charge in [0.2, 0.25) is 0 Å². The first-order valence-electron chi connectivity index (χ1n) is 4.20. The van der Waals surface area contributed by atoms with Crippen molar-refractivity contribution in [2.24, 2.45) is 0 Å². The molecule has 0 saturated carbocycles. The predicted molar refractivity (Wildman–Crippen MR) is 63.4 cm³/mol. The zero-order valence-corrected chi connectivity index (χ0v) is 10.6.